The number of hydrogen-bond donors (Lipinski definition) is 1. The summed E-state index contributed by atoms with van der Waals surface area (Å²) in [5.74, 6) is -0.140. The fraction of sp³-hybridized carbons (Fsp3) is 0.500. The van der Waals surface area contributed by atoms with Crippen LogP contribution in [0.3, 0.4) is 0 Å². The van der Waals surface area contributed by atoms with Crippen molar-refractivity contribution in [1.29, 1.82) is 0 Å². The van der Waals surface area contributed by atoms with Crippen LogP contribution >= 0.6 is 11.6 Å². The van der Waals surface area contributed by atoms with Gasteiger partial charge in [0.15, 0.2) is 9.84 Å². The first kappa shape index (κ1) is 15.8. The lowest BCUT2D eigenvalue weighted by Crippen LogP contribution is -2.31. The molecule has 0 bridgehead atoms. The summed E-state index contributed by atoms with van der Waals surface area (Å²) in [5.41, 5.74) is 0.528. The Labute approximate surface area is 124 Å². The van der Waals surface area contributed by atoms with Crippen molar-refractivity contribution < 1.29 is 16.8 Å². The molecule has 2 rings (SSSR count). The third kappa shape index (κ3) is 4.44. The number of benzene rings is 1. The number of rotatable bonds is 5. The second-order valence-electron chi connectivity index (χ2n) is 4.97. The molecule has 5 nitrogen and oxygen atoms in total. The van der Waals surface area contributed by atoms with Crippen LogP contribution in [-0.2, 0) is 25.6 Å². The Bertz CT molecular complexity index is 685. The molecule has 0 amide bonds. The van der Waals surface area contributed by atoms with Crippen LogP contribution in [0.1, 0.15) is 12.0 Å². The van der Waals surface area contributed by atoms with Crippen molar-refractivity contribution in [2.45, 2.75) is 12.2 Å². The number of halogens is 1. The van der Waals surface area contributed by atoms with Crippen molar-refractivity contribution in [3.8, 4) is 0 Å². The van der Waals surface area contributed by atoms with Gasteiger partial charge in [-0.05, 0) is 24.0 Å². The number of hydrogen-bond acceptors (Lipinski definition) is 4. The van der Waals surface area contributed by atoms with Gasteiger partial charge in [0.05, 0.1) is 17.3 Å². The summed E-state index contributed by atoms with van der Waals surface area (Å²) in [6.07, 6.45) is 0.511. The molecule has 1 saturated heterocycles. The van der Waals surface area contributed by atoms with Gasteiger partial charge in [0.25, 0.3) is 0 Å². The highest BCUT2D eigenvalue weighted by molar-refractivity contribution is 7.91. The molecule has 1 aliphatic heterocycles. The fourth-order valence-electron chi connectivity index (χ4n) is 2.15. The Kier molecular flexibility index (Phi) is 4.73. The highest BCUT2D eigenvalue weighted by Gasteiger charge is 2.28. The zero-order valence-electron chi connectivity index (χ0n) is 10.7. The van der Waals surface area contributed by atoms with Crippen LogP contribution in [0.15, 0.2) is 24.3 Å². The average molecular weight is 338 g/mol. The smallest absolute Gasteiger partial charge is 0.215 e. The molecule has 20 heavy (non-hydrogen) atoms. The van der Waals surface area contributed by atoms with Crippen LogP contribution in [0, 0.1) is 5.92 Å². The molecule has 0 radical (unpaired) electrons. The molecule has 1 heterocycles. The van der Waals surface area contributed by atoms with Crippen molar-refractivity contribution in [1.82, 2.24) is 4.72 Å². The van der Waals surface area contributed by atoms with E-state index in [1.54, 1.807) is 24.3 Å². The lowest BCUT2D eigenvalue weighted by molar-refractivity contribution is 0.542. The first-order valence-electron chi connectivity index (χ1n) is 6.19. The third-order valence-corrected chi connectivity index (χ3v) is 6.73. The van der Waals surface area contributed by atoms with Crippen molar-refractivity contribution in [2.24, 2.45) is 5.92 Å². The van der Waals surface area contributed by atoms with E-state index in [1.165, 1.54) is 0 Å². The molecular weight excluding hydrogens is 322 g/mol. The first-order valence-corrected chi connectivity index (χ1v) is 10.0. The van der Waals surface area contributed by atoms with Crippen molar-refractivity contribution in [2.75, 3.05) is 18.1 Å². The van der Waals surface area contributed by atoms with E-state index < -0.39 is 19.9 Å². The van der Waals surface area contributed by atoms with Gasteiger partial charge >= 0.3 is 0 Å². The zero-order valence-corrected chi connectivity index (χ0v) is 13.1. The van der Waals surface area contributed by atoms with Gasteiger partial charge in [-0.2, -0.15) is 0 Å². The minimum Gasteiger partial charge on any atom is -0.229 e. The van der Waals surface area contributed by atoms with E-state index in [-0.39, 0.29) is 29.7 Å². The molecule has 1 unspecified atom stereocenters. The molecule has 0 aliphatic carbocycles. The Balaban J connectivity index is 1.94. The second-order valence-corrected chi connectivity index (χ2v) is 9.41. The summed E-state index contributed by atoms with van der Waals surface area (Å²) in [5, 5.41) is 0.404. The predicted molar refractivity (Wildman–Crippen MR) is 78.8 cm³/mol. The van der Waals surface area contributed by atoms with Crippen LogP contribution in [0.25, 0.3) is 0 Å². The molecule has 1 aromatic rings. The second kappa shape index (κ2) is 6.01. The Morgan fingerprint density at radius 1 is 1.30 bits per heavy atom. The first-order chi connectivity index (χ1) is 9.27. The Hall–Kier alpha value is -0.630. The summed E-state index contributed by atoms with van der Waals surface area (Å²) in [7, 11) is -6.50. The largest absolute Gasteiger partial charge is 0.229 e. The number of sulfone groups is 1. The van der Waals surface area contributed by atoms with Crippen molar-refractivity contribution in [3.05, 3.63) is 34.9 Å². The van der Waals surface area contributed by atoms with Gasteiger partial charge in [-0.25, -0.2) is 21.6 Å². The Morgan fingerprint density at radius 2 is 2.00 bits per heavy atom. The molecule has 0 saturated carbocycles. The minimum absolute atomic E-state index is 0.0572. The van der Waals surface area contributed by atoms with Gasteiger partial charge < -0.3 is 0 Å². The van der Waals surface area contributed by atoms with Crippen LogP contribution in [0.2, 0.25) is 5.02 Å². The molecule has 1 N–H and O–H groups in total. The zero-order chi connectivity index (χ0) is 14.8. The lowest BCUT2D eigenvalue weighted by atomic mass is 10.1. The maximum atomic E-state index is 12.0. The maximum absolute atomic E-state index is 12.0. The highest BCUT2D eigenvalue weighted by Crippen LogP contribution is 2.19. The molecule has 0 spiro atoms. The van der Waals surface area contributed by atoms with Gasteiger partial charge in [-0.1, -0.05) is 29.8 Å². The maximum Gasteiger partial charge on any atom is 0.215 e. The summed E-state index contributed by atoms with van der Waals surface area (Å²) in [6, 6.07) is 6.74. The minimum atomic E-state index is -3.51. The van der Waals surface area contributed by atoms with Crippen molar-refractivity contribution in [3.63, 3.8) is 0 Å². The van der Waals surface area contributed by atoms with Crippen LogP contribution in [-0.4, -0.2) is 34.9 Å². The quantitative estimate of drug-likeness (QED) is 0.875. The van der Waals surface area contributed by atoms with E-state index in [1.807, 2.05) is 0 Å². The normalized spacial score (nSPS) is 21.9. The predicted octanol–water partition coefficient (Wildman–Crippen LogP) is 1.19. The summed E-state index contributed by atoms with van der Waals surface area (Å²) in [4.78, 5) is 0. The van der Waals surface area contributed by atoms with Gasteiger partial charge in [0.1, 0.15) is 0 Å². The summed E-state index contributed by atoms with van der Waals surface area (Å²) >= 11 is 5.92. The number of sulfonamides is 1. The highest BCUT2D eigenvalue weighted by atomic mass is 35.5. The summed E-state index contributed by atoms with van der Waals surface area (Å²) in [6.45, 7) is 0.159. The molecule has 0 aromatic heterocycles. The SMILES string of the molecule is O=S1(=O)CCC(CNS(=O)(=O)Cc2ccccc2Cl)C1. The Morgan fingerprint density at radius 3 is 2.60 bits per heavy atom. The van der Waals surface area contributed by atoms with E-state index in [0.29, 0.717) is 17.0 Å². The van der Waals surface area contributed by atoms with Crippen molar-refractivity contribution >= 4 is 31.5 Å². The molecule has 112 valence electrons. The van der Waals surface area contributed by atoms with Crippen LogP contribution in [0.4, 0.5) is 0 Å². The van der Waals surface area contributed by atoms with E-state index in [4.69, 9.17) is 11.6 Å². The standard InChI is InChI=1S/C12H16ClNO4S2/c13-12-4-2-1-3-11(12)9-20(17,18)14-7-10-5-6-19(15,16)8-10/h1-4,10,14H,5-9H2. The fourth-order valence-corrected chi connectivity index (χ4v) is 5.55. The molecule has 1 aromatic carbocycles. The van der Waals surface area contributed by atoms with E-state index in [0.717, 1.165) is 0 Å². The average Bonchev–Trinajstić information content (AvgIpc) is 2.70. The molecular formula is C12H16ClNO4S2. The third-order valence-electron chi connectivity index (χ3n) is 3.22. The number of nitrogens with one attached hydrogen (secondary N) is 1. The van der Waals surface area contributed by atoms with Crippen LogP contribution < -0.4 is 4.72 Å². The van der Waals surface area contributed by atoms with E-state index >= 15 is 0 Å². The lowest BCUT2D eigenvalue weighted by Gasteiger charge is -2.11. The molecule has 1 fully saturated rings. The monoisotopic (exact) mass is 337 g/mol. The van der Waals surface area contributed by atoms with Gasteiger partial charge in [-0.15, -0.1) is 0 Å². The van der Waals surface area contributed by atoms with Gasteiger partial charge in [0, 0.05) is 11.6 Å². The topological polar surface area (TPSA) is 80.3 Å². The van der Waals surface area contributed by atoms with Gasteiger partial charge in [-0.3, -0.25) is 0 Å². The molecule has 1 atom stereocenters. The van der Waals surface area contributed by atoms with E-state index in [2.05, 4.69) is 4.72 Å². The molecule has 1 aliphatic rings. The van der Waals surface area contributed by atoms with Gasteiger partial charge in [0.2, 0.25) is 10.0 Å². The van der Waals surface area contributed by atoms with E-state index in [9.17, 15) is 16.8 Å². The van der Waals surface area contributed by atoms with Crippen LogP contribution in [0.5, 0.6) is 0 Å². The summed E-state index contributed by atoms with van der Waals surface area (Å²) < 4.78 is 49.0. The molecule has 8 heteroatoms.